The van der Waals surface area contributed by atoms with E-state index in [2.05, 4.69) is 10.3 Å². The second kappa shape index (κ2) is 12.0. The fourth-order valence-electron chi connectivity index (χ4n) is 7.47. The van der Waals surface area contributed by atoms with Gasteiger partial charge >= 0.3 is 0 Å². The second-order valence-electron chi connectivity index (χ2n) is 12.7. The third kappa shape index (κ3) is 5.48. The maximum atomic E-state index is 16.2. The molecule has 2 saturated heterocycles. The van der Waals surface area contributed by atoms with Crippen LogP contribution >= 0.6 is 11.6 Å². The summed E-state index contributed by atoms with van der Waals surface area (Å²) in [5.74, 6) is -0.547. The topological polar surface area (TPSA) is 101 Å². The fraction of sp³-hybridized carbons (Fsp3) is 0.500. The number of aromatic nitrogens is 3. The number of benzene rings is 2. The molecule has 2 aromatic carbocycles. The molecule has 2 fully saturated rings. The SMILES string of the molecule is C[C@H]1[C@H]([Si](C)(C)F)[C@@H](CCn2cc(CCO)nn2)O[C@]12C(=O)N(Cc1cccc(N3CCCCC3=O)c1)c1ccc(Cl)cc12. The van der Waals surface area contributed by atoms with Crippen LogP contribution in [0.2, 0.25) is 23.7 Å². The average Bonchev–Trinajstić information content (AvgIpc) is 3.62. The summed E-state index contributed by atoms with van der Waals surface area (Å²) >= 11 is 6.52. The van der Waals surface area contributed by atoms with Crippen molar-refractivity contribution in [2.45, 2.75) is 82.5 Å². The van der Waals surface area contributed by atoms with Crippen LogP contribution in [-0.2, 0) is 39.4 Å². The minimum Gasteiger partial charge on any atom is -0.396 e. The third-order valence-electron chi connectivity index (χ3n) is 9.41. The summed E-state index contributed by atoms with van der Waals surface area (Å²) in [6.07, 6.45) is 4.52. The molecule has 2 amide bonds. The van der Waals surface area contributed by atoms with Gasteiger partial charge in [-0.2, -0.15) is 0 Å². The van der Waals surface area contributed by atoms with E-state index < -0.39 is 31.6 Å². The molecule has 3 aliphatic rings. The monoisotopic (exact) mass is 639 g/mol. The van der Waals surface area contributed by atoms with E-state index in [1.807, 2.05) is 42.2 Å². The van der Waals surface area contributed by atoms with Crippen LogP contribution in [0.4, 0.5) is 15.5 Å². The molecule has 1 N–H and O–H groups in total. The number of amides is 2. The number of hydrogen-bond acceptors (Lipinski definition) is 6. The van der Waals surface area contributed by atoms with Gasteiger partial charge < -0.3 is 23.8 Å². The van der Waals surface area contributed by atoms with Crippen molar-refractivity contribution in [2.24, 2.45) is 5.92 Å². The fourth-order valence-corrected chi connectivity index (χ4v) is 10.2. The number of fused-ring (bicyclic) bond motifs is 2. The van der Waals surface area contributed by atoms with Crippen molar-refractivity contribution in [1.82, 2.24) is 15.0 Å². The molecule has 234 valence electrons. The van der Waals surface area contributed by atoms with Gasteiger partial charge in [-0.05, 0) is 68.3 Å². The van der Waals surface area contributed by atoms with Crippen molar-refractivity contribution in [3.05, 3.63) is 70.5 Å². The van der Waals surface area contributed by atoms with Crippen LogP contribution in [0, 0.1) is 5.92 Å². The van der Waals surface area contributed by atoms with Gasteiger partial charge in [-0.15, -0.1) is 5.10 Å². The second-order valence-corrected chi connectivity index (χ2v) is 17.0. The number of halogens is 2. The Kier molecular flexibility index (Phi) is 8.42. The molecule has 6 rings (SSSR count). The Bertz CT molecular complexity index is 1560. The van der Waals surface area contributed by atoms with E-state index in [1.54, 1.807) is 41.0 Å². The van der Waals surface area contributed by atoms with Gasteiger partial charge in [-0.25, -0.2) is 0 Å². The summed E-state index contributed by atoms with van der Waals surface area (Å²) in [4.78, 5) is 30.8. The molecule has 0 bridgehead atoms. The van der Waals surface area contributed by atoms with Gasteiger partial charge in [0.15, 0.2) is 5.60 Å². The lowest BCUT2D eigenvalue weighted by Crippen LogP contribution is -2.45. The molecule has 0 unspecified atom stereocenters. The summed E-state index contributed by atoms with van der Waals surface area (Å²) in [6, 6.07) is 13.2. The number of aliphatic hydroxyl groups excluding tert-OH is 1. The molecule has 3 aliphatic heterocycles. The van der Waals surface area contributed by atoms with Crippen LogP contribution in [-0.4, -0.2) is 59.6 Å². The van der Waals surface area contributed by atoms with E-state index in [9.17, 15) is 14.7 Å². The zero-order valence-corrected chi connectivity index (χ0v) is 27.1. The van der Waals surface area contributed by atoms with Crippen LogP contribution in [0.3, 0.4) is 0 Å². The number of piperidine rings is 1. The first kappa shape index (κ1) is 30.9. The molecule has 44 heavy (non-hydrogen) atoms. The zero-order valence-electron chi connectivity index (χ0n) is 25.4. The lowest BCUT2D eigenvalue weighted by Gasteiger charge is -2.31. The summed E-state index contributed by atoms with van der Waals surface area (Å²) in [7, 11) is -3.33. The molecular formula is C32H39ClFN5O4Si. The molecule has 4 heterocycles. The quantitative estimate of drug-likeness (QED) is 0.249. The number of carbonyl (C=O) groups excluding carboxylic acids is 2. The van der Waals surface area contributed by atoms with Crippen molar-refractivity contribution in [3.63, 3.8) is 0 Å². The Balaban J connectivity index is 1.32. The maximum Gasteiger partial charge on any atom is 0.264 e. The highest BCUT2D eigenvalue weighted by molar-refractivity contribution is 6.72. The molecular weight excluding hydrogens is 601 g/mol. The van der Waals surface area contributed by atoms with Crippen LogP contribution < -0.4 is 9.80 Å². The number of nitrogens with zero attached hydrogens (tertiary/aromatic N) is 5. The number of ether oxygens (including phenoxy) is 1. The molecule has 4 atom stereocenters. The lowest BCUT2D eigenvalue weighted by molar-refractivity contribution is -0.146. The van der Waals surface area contributed by atoms with Gasteiger partial charge in [0.05, 0.1) is 24.0 Å². The van der Waals surface area contributed by atoms with Gasteiger partial charge in [0.25, 0.3) is 5.91 Å². The first-order valence-electron chi connectivity index (χ1n) is 15.4. The molecule has 0 saturated carbocycles. The number of carbonyl (C=O) groups is 2. The minimum atomic E-state index is -3.33. The molecule has 12 heteroatoms. The largest absolute Gasteiger partial charge is 0.396 e. The van der Waals surface area contributed by atoms with Crippen LogP contribution in [0.15, 0.2) is 48.7 Å². The number of aliphatic hydroxyl groups is 1. The molecule has 0 aliphatic carbocycles. The summed E-state index contributed by atoms with van der Waals surface area (Å²) in [5, 5.41) is 18.0. The normalized spacial score (nSPS) is 25.4. The van der Waals surface area contributed by atoms with E-state index in [0.717, 1.165) is 24.1 Å². The van der Waals surface area contributed by atoms with Crippen molar-refractivity contribution in [1.29, 1.82) is 0 Å². The van der Waals surface area contributed by atoms with E-state index in [4.69, 9.17) is 16.3 Å². The number of aryl methyl sites for hydroxylation is 1. The predicted molar refractivity (Wildman–Crippen MR) is 169 cm³/mol. The Morgan fingerprint density at radius 2 is 2.00 bits per heavy atom. The lowest BCUT2D eigenvalue weighted by atomic mass is 9.82. The zero-order chi connectivity index (χ0) is 31.2. The van der Waals surface area contributed by atoms with Crippen molar-refractivity contribution >= 4 is 43.2 Å². The first-order valence-corrected chi connectivity index (χ1v) is 18.7. The van der Waals surface area contributed by atoms with Crippen LogP contribution in [0.5, 0.6) is 0 Å². The van der Waals surface area contributed by atoms with Gasteiger partial charge in [0.1, 0.15) is 0 Å². The molecule has 3 aromatic rings. The highest BCUT2D eigenvalue weighted by Crippen LogP contribution is 2.60. The number of anilines is 2. The molecule has 0 radical (unpaired) electrons. The van der Waals surface area contributed by atoms with Gasteiger partial charge in [0.2, 0.25) is 14.3 Å². The Morgan fingerprint density at radius 3 is 2.75 bits per heavy atom. The molecule has 9 nitrogen and oxygen atoms in total. The summed E-state index contributed by atoms with van der Waals surface area (Å²) in [5.41, 5.74) is 1.94. The van der Waals surface area contributed by atoms with Gasteiger partial charge in [0, 0.05) is 66.5 Å². The minimum absolute atomic E-state index is 0.0184. The highest BCUT2D eigenvalue weighted by atomic mass is 35.5. The number of rotatable bonds is 9. The van der Waals surface area contributed by atoms with Gasteiger partial charge in [-0.1, -0.05) is 35.9 Å². The predicted octanol–water partition coefficient (Wildman–Crippen LogP) is 5.40. The van der Waals surface area contributed by atoms with Crippen molar-refractivity contribution in [3.8, 4) is 0 Å². The van der Waals surface area contributed by atoms with Crippen LogP contribution in [0.1, 0.15) is 49.4 Å². The summed E-state index contributed by atoms with van der Waals surface area (Å²) < 4.78 is 24.7. The maximum absolute atomic E-state index is 16.2. The van der Waals surface area contributed by atoms with E-state index in [-0.39, 0.29) is 25.0 Å². The highest BCUT2D eigenvalue weighted by Gasteiger charge is 2.66. The smallest absolute Gasteiger partial charge is 0.264 e. The Hall–Kier alpha value is -3.12. The number of hydrogen-bond donors (Lipinski definition) is 1. The Morgan fingerprint density at radius 1 is 1.18 bits per heavy atom. The molecule has 1 aromatic heterocycles. The Labute approximate surface area is 263 Å². The van der Waals surface area contributed by atoms with E-state index in [1.165, 1.54) is 0 Å². The standard InChI is InChI=1S/C32H39ClFN5O4Si/c1-21-30(44(2,3)34)28(12-15-37-20-24(13-16-40)35-36-37)43-32(21)26-18-23(33)10-11-27(26)39(31(32)42)19-22-7-6-8-25(17-22)38-14-5-4-9-29(38)41/h6-8,10-11,17-18,20-21,28,30,40H,4-5,9,12-16,19H2,1-3H3/t21-,28+,30-,32+/m0/s1. The van der Waals surface area contributed by atoms with Gasteiger partial charge in [-0.3, -0.25) is 14.3 Å². The third-order valence-corrected chi connectivity index (χ3v) is 12.1. The summed E-state index contributed by atoms with van der Waals surface area (Å²) in [6.45, 7) is 6.68. The van der Waals surface area contributed by atoms with Crippen molar-refractivity contribution in [2.75, 3.05) is 23.0 Å². The van der Waals surface area contributed by atoms with E-state index >= 15 is 4.11 Å². The average molecular weight is 640 g/mol. The van der Waals surface area contributed by atoms with Crippen LogP contribution in [0.25, 0.3) is 0 Å². The van der Waals surface area contributed by atoms with Crippen molar-refractivity contribution < 1.29 is 23.5 Å². The first-order chi connectivity index (χ1) is 21.0. The molecule has 1 spiro atoms. The van der Waals surface area contributed by atoms with E-state index in [0.29, 0.717) is 54.3 Å².